The summed E-state index contributed by atoms with van der Waals surface area (Å²) in [6.45, 7) is 4.81. The minimum absolute atomic E-state index is 0.0132. The SMILES string of the molecule is COC(=O)COc1cccc(NC(=O)N2C[C@@H](C)O[C@H](C)C2)c1. The lowest BCUT2D eigenvalue weighted by atomic mass is 10.2. The zero-order chi connectivity index (χ0) is 16.8. The average Bonchev–Trinajstić information content (AvgIpc) is 2.52. The van der Waals surface area contributed by atoms with Gasteiger partial charge in [0.15, 0.2) is 6.61 Å². The predicted molar refractivity (Wildman–Crippen MR) is 84.6 cm³/mol. The fraction of sp³-hybridized carbons (Fsp3) is 0.500. The molecule has 2 atom stereocenters. The lowest BCUT2D eigenvalue weighted by Crippen LogP contribution is -2.49. The van der Waals surface area contributed by atoms with Crippen molar-refractivity contribution in [1.29, 1.82) is 0 Å². The number of hydrogen-bond donors (Lipinski definition) is 1. The van der Waals surface area contributed by atoms with Gasteiger partial charge in [-0.25, -0.2) is 9.59 Å². The van der Waals surface area contributed by atoms with Crippen LogP contribution < -0.4 is 10.1 Å². The number of morpholine rings is 1. The summed E-state index contributed by atoms with van der Waals surface area (Å²) in [5, 5.41) is 2.83. The summed E-state index contributed by atoms with van der Waals surface area (Å²) in [7, 11) is 1.30. The van der Waals surface area contributed by atoms with E-state index in [2.05, 4.69) is 10.1 Å². The van der Waals surface area contributed by atoms with Crippen LogP contribution in [0.2, 0.25) is 0 Å². The lowest BCUT2D eigenvalue weighted by Gasteiger charge is -2.35. The van der Waals surface area contributed by atoms with Crippen LogP contribution in [0.3, 0.4) is 0 Å². The van der Waals surface area contributed by atoms with Crippen LogP contribution in [0.25, 0.3) is 0 Å². The van der Waals surface area contributed by atoms with Gasteiger partial charge in [0, 0.05) is 24.8 Å². The summed E-state index contributed by atoms with van der Waals surface area (Å²) in [5.41, 5.74) is 0.601. The van der Waals surface area contributed by atoms with Gasteiger partial charge in [-0.3, -0.25) is 0 Å². The molecule has 1 heterocycles. The molecule has 1 aliphatic heterocycles. The number of carbonyl (C=O) groups excluding carboxylic acids is 2. The number of ether oxygens (including phenoxy) is 3. The molecule has 0 bridgehead atoms. The van der Waals surface area contributed by atoms with Gasteiger partial charge >= 0.3 is 12.0 Å². The molecule has 0 saturated carbocycles. The van der Waals surface area contributed by atoms with Gasteiger partial charge < -0.3 is 24.4 Å². The van der Waals surface area contributed by atoms with Crippen LogP contribution in [0.5, 0.6) is 5.75 Å². The van der Waals surface area contributed by atoms with Crippen molar-refractivity contribution in [2.75, 3.05) is 32.1 Å². The van der Waals surface area contributed by atoms with E-state index in [9.17, 15) is 9.59 Å². The van der Waals surface area contributed by atoms with E-state index in [-0.39, 0.29) is 24.8 Å². The maximum Gasteiger partial charge on any atom is 0.343 e. The number of anilines is 1. The molecule has 0 radical (unpaired) electrons. The van der Waals surface area contributed by atoms with E-state index >= 15 is 0 Å². The van der Waals surface area contributed by atoms with Crippen molar-refractivity contribution in [3.8, 4) is 5.75 Å². The van der Waals surface area contributed by atoms with Gasteiger partial charge in [0.1, 0.15) is 5.75 Å². The van der Waals surface area contributed by atoms with Crippen LogP contribution in [0.15, 0.2) is 24.3 Å². The first-order chi connectivity index (χ1) is 11.0. The highest BCUT2D eigenvalue weighted by Crippen LogP contribution is 2.19. The monoisotopic (exact) mass is 322 g/mol. The third kappa shape index (κ3) is 5.14. The van der Waals surface area contributed by atoms with E-state index in [4.69, 9.17) is 9.47 Å². The minimum atomic E-state index is -0.462. The van der Waals surface area contributed by atoms with Gasteiger partial charge in [-0.1, -0.05) is 6.07 Å². The molecule has 1 fully saturated rings. The summed E-state index contributed by atoms with van der Waals surface area (Å²) in [4.78, 5) is 25.1. The molecular formula is C16H22N2O5. The third-order valence-electron chi connectivity index (χ3n) is 3.38. The first kappa shape index (κ1) is 17.1. The fourth-order valence-electron chi connectivity index (χ4n) is 2.41. The summed E-state index contributed by atoms with van der Waals surface area (Å²) < 4.78 is 15.4. The van der Waals surface area contributed by atoms with E-state index in [1.165, 1.54) is 7.11 Å². The van der Waals surface area contributed by atoms with Crippen molar-refractivity contribution in [3.63, 3.8) is 0 Å². The molecule has 0 aromatic heterocycles. The summed E-state index contributed by atoms with van der Waals surface area (Å²) >= 11 is 0. The second-order valence-electron chi connectivity index (χ2n) is 5.49. The number of benzene rings is 1. The highest BCUT2D eigenvalue weighted by atomic mass is 16.6. The van der Waals surface area contributed by atoms with Crippen LogP contribution in [0.4, 0.5) is 10.5 Å². The Morgan fingerprint density at radius 1 is 1.30 bits per heavy atom. The number of methoxy groups -OCH3 is 1. The van der Waals surface area contributed by atoms with Crippen molar-refractivity contribution in [2.24, 2.45) is 0 Å². The number of rotatable bonds is 4. The number of carbonyl (C=O) groups is 2. The van der Waals surface area contributed by atoms with Gasteiger partial charge in [-0.2, -0.15) is 0 Å². The second-order valence-corrected chi connectivity index (χ2v) is 5.49. The van der Waals surface area contributed by atoms with Gasteiger partial charge in [0.05, 0.1) is 19.3 Å². The molecule has 1 aromatic carbocycles. The first-order valence-electron chi connectivity index (χ1n) is 7.49. The summed E-state index contributed by atoms with van der Waals surface area (Å²) in [5.74, 6) is 0.0210. The zero-order valence-corrected chi connectivity index (χ0v) is 13.6. The number of hydrogen-bond acceptors (Lipinski definition) is 5. The van der Waals surface area contributed by atoms with Gasteiger partial charge in [-0.05, 0) is 26.0 Å². The van der Waals surface area contributed by atoms with Crippen LogP contribution in [0.1, 0.15) is 13.8 Å². The molecule has 0 aliphatic carbocycles. The van der Waals surface area contributed by atoms with Crippen molar-refractivity contribution in [2.45, 2.75) is 26.1 Å². The van der Waals surface area contributed by atoms with Crippen LogP contribution >= 0.6 is 0 Å². The van der Waals surface area contributed by atoms with Gasteiger partial charge in [0.25, 0.3) is 0 Å². The highest BCUT2D eigenvalue weighted by molar-refractivity contribution is 5.89. The number of urea groups is 1. The van der Waals surface area contributed by atoms with Crippen molar-refractivity contribution >= 4 is 17.7 Å². The second kappa shape index (κ2) is 7.82. The van der Waals surface area contributed by atoms with Crippen molar-refractivity contribution in [1.82, 2.24) is 4.90 Å². The Labute approximate surface area is 135 Å². The molecule has 7 nitrogen and oxygen atoms in total. The third-order valence-corrected chi connectivity index (χ3v) is 3.38. The maximum atomic E-state index is 12.3. The first-order valence-corrected chi connectivity index (χ1v) is 7.49. The molecule has 2 rings (SSSR count). The number of nitrogens with one attached hydrogen (secondary N) is 1. The molecule has 2 amide bonds. The van der Waals surface area contributed by atoms with E-state index < -0.39 is 5.97 Å². The van der Waals surface area contributed by atoms with Gasteiger partial charge in [0.2, 0.25) is 0 Å². The fourth-order valence-corrected chi connectivity index (χ4v) is 2.41. The Morgan fingerprint density at radius 2 is 2.00 bits per heavy atom. The predicted octanol–water partition coefficient (Wildman–Crippen LogP) is 1.88. The Balaban J connectivity index is 1.94. The molecular weight excluding hydrogens is 300 g/mol. The largest absolute Gasteiger partial charge is 0.482 e. The average molecular weight is 322 g/mol. The topological polar surface area (TPSA) is 77.1 Å². The smallest absolute Gasteiger partial charge is 0.343 e. The minimum Gasteiger partial charge on any atom is -0.482 e. The van der Waals surface area contributed by atoms with Crippen molar-refractivity contribution < 1.29 is 23.8 Å². The Kier molecular flexibility index (Phi) is 5.81. The van der Waals surface area contributed by atoms with Gasteiger partial charge in [-0.15, -0.1) is 0 Å². The molecule has 0 spiro atoms. The van der Waals surface area contributed by atoms with Crippen molar-refractivity contribution in [3.05, 3.63) is 24.3 Å². The quantitative estimate of drug-likeness (QED) is 0.857. The van der Waals surface area contributed by atoms with Crippen LogP contribution in [0, 0.1) is 0 Å². The maximum absolute atomic E-state index is 12.3. The molecule has 1 N–H and O–H groups in total. The Hall–Kier alpha value is -2.28. The standard InChI is InChI=1S/C16H22N2O5/c1-11-8-18(9-12(2)23-11)16(20)17-13-5-4-6-14(7-13)22-10-15(19)21-3/h4-7,11-12H,8-10H2,1-3H3,(H,17,20)/t11-,12-/m1/s1. The molecule has 7 heteroatoms. The van der Waals surface area contributed by atoms with E-state index in [0.717, 1.165) is 0 Å². The van der Waals surface area contributed by atoms with E-state index in [1.807, 2.05) is 13.8 Å². The Morgan fingerprint density at radius 3 is 2.65 bits per heavy atom. The summed E-state index contributed by atoms with van der Waals surface area (Å²) in [6.07, 6.45) is 0.0263. The molecule has 23 heavy (non-hydrogen) atoms. The summed E-state index contributed by atoms with van der Waals surface area (Å²) in [6, 6.07) is 6.69. The zero-order valence-electron chi connectivity index (χ0n) is 13.6. The van der Waals surface area contributed by atoms with E-state index in [0.29, 0.717) is 24.5 Å². The Bertz CT molecular complexity index is 553. The van der Waals surface area contributed by atoms with Crippen LogP contribution in [-0.2, 0) is 14.3 Å². The highest BCUT2D eigenvalue weighted by Gasteiger charge is 2.25. The number of nitrogens with zero attached hydrogens (tertiary/aromatic N) is 1. The molecule has 1 aromatic rings. The van der Waals surface area contributed by atoms with E-state index in [1.54, 1.807) is 29.2 Å². The molecule has 126 valence electrons. The number of amides is 2. The number of esters is 1. The lowest BCUT2D eigenvalue weighted by molar-refractivity contribution is -0.142. The molecule has 0 unspecified atom stereocenters. The van der Waals surface area contributed by atoms with Crippen LogP contribution in [-0.4, -0.2) is 55.9 Å². The normalized spacial score (nSPS) is 20.7. The molecule has 1 aliphatic rings. The molecule has 1 saturated heterocycles.